The number of rotatable bonds is 5. The van der Waals surface area contributed by atoms with Crippen LogP contribution >= 0.6 is 0 Å². The molecular formula is C24H31F3N6. The van der Waals surface area contributed by atoms with Crippen LogP contribution in [0.1, 0.15) is 43.1 Å². The molecule has 0 amide bonds. The van der Waals surface area contributed by atoms with E-state index in [9.17, 15) is 13.2 Å². The van der Waals surface area contributed by atoms with Crippen molar-refractivity contribution in [1.82, 2.24) is 24.3 Å². The van der Waals surface area contributed by atoms with Gasteiger partial charge in [-0.25, -0.2) is 9.97 Å². The van der Waals surface area contributed by atoms with E-state index in [1.165, 1.54) is 31.9 Å². The summed E-state index contributed by atoms with van der Waals surface area (Å²) in [6.07, 6.45) is 4.63. The van der Waals surface area contributed by atoms with Gasteiger partial charge < -0.3 is 15.2 Å². The van der Waals surface area contributed by atoms with Crippen molar-refractivity contribution in [3.05, 3.63) is 29.8 Å². The SMILES string of the molecule is CN1CCN(C2C[C@@H]3[C@H](C2)[C@H]3n2cc(-c3cnc(N)c(C(F)(F)F)c3)nc2CC2CC2)CC1. The number of likely N-dealkylation sites (N-methyl/N-ethyl adjacent to an activating group) is 1. The lowest BCUT2D eigenvalue weighted by Gasteiger charge is -2.37. The van der Waals surface area contributed by atoms with E-state index in [-0.39, 0.29) is 0 Å². The van der Waals surface area contributed by atoms with Crippen molar-refractivity contribution >= 4 is 5.82 Å². The second-order valence-electron chi connectivity index (χ2n) is 10.5. The Labute approximate surface area is 192 Å². The third kappa shape index (κ3) is 4.03. The summed E-state index contributed by atoms with van der Waals surface area (Å²) in [4.78, 5) is 13.7. The van der Waals surface area contributed by atoms with Crippen LogP contribution in [0.15, 0.2) is 18.5 Å². The maximum absolute atomic E-state index is 13.4. The summed E-state index contributed by atoms with van der Waals surface area (Å²) >= 11 is 0. The third-order valence-corrected chi connectivity index (χ3v) is 8.25. The average Bonchev–Trinajstić information content (AvgIpc) is 3.61. The number of anilines is 1. The molecule has 3 aliphatic carbocycles. The van der Waals surface area contributed by atoms with Crippen LogP contribution in [0.25, 0.3) is 11.3 Å². The number of nitrogens with two attached hydrogens (primary N) is 1. The molecule has 4 fully saturated rings. The zero-order valence-corrected chi connectivity index (χ0v) is 18.9. The van der Waals surface area contributed by atoms with Crippen molar-refractivity contribution in [3.63, 3.8) is 0 Å². The van der Waals surface area contributed by atoms with E-state index in [0.717, 1.165) is 44.5 Å². The highest BCUT2D eigenvalue weighted by atomic mass is 19.4. The fraction of sp³-hybridized carbons (Fsp3) is 0.667. The molecule has 178 valence electrons. The molecule has 3 heterocycles. The average molecular weight is 461 g/mol. The molecule has 4 aliphatic rings. The Morgan fingerprint density at radius 2 is 1.79 bits per heavy atom. The summed E-state index contributed by atoms with van der Waals surface area (Å²) in [5.41, 5.74) is 5.57. The van der Waals surface area contributed by atoms with Gasteiger partial charge in [0.1, 0.15) is 11.6 Å². The van der Waals surface area contributed by atoms with Gasteiger partial charge in [-0.05, 0) is 56.6 Å². The van der Waals surface area contributed by atoms with Crippen LogP contribution in [0.2, 0.25) is 0 Å². The van der Waals surface area contributed by atoms with Crippen LogP contribution < -0.4 is 5.73 Å². The van der Waals surface area contributed by atoms with E-state index >= 15 is 0 Å². The van der Waals surface area contributed by atoms with Gasteiger partial charge in [0.15, 0.2) is 0 Å². The molecule has 9 heteroatoms. The number of aromatic nitrogens is 3. The van der Waals surface area contributed by atoms with Gasteiger partial charge in [-0.3, -0.25) is 4.90 Å². The maximum Gasteiger partial charge on any atom is 0.419 e. The fourth-order valence-corrected chi connectivity index (χ4v) is 6.08. The molecule has 0 spiro atoms. The Morgan fingerprint density at radius 3 is 2.42 bits per heavy atom. The molecule has 1 unspecified atom stereocenters. The lowest BCUT2D eigenvalue weighted by atomic mass is 10.1. The standard InChI is InChI=1S/C24H31F3N6/c1-31-4-6-32(7-5-31)16-10-17-18(11-16)22(17)33-13-20(30-21(33)8-14-2-3-14)15-9-19(24(25,26)27)23(28)29-12-15/h9,12-14,16-18,22H,2-8,10-11H2,1H3,(H2,28,29)/t16?,17-,18+,22+. The minimum atomic E-state index is -4.53. The van der Waals surface area contributed by atoms with Gasteiger partial charge in [0.2, 0.25) is 0 Å². The van der Waals surface area contributed by atoms with Crippen LogP contribution in [0.5, 0.6) is 0 Å². The molecule has 33 heavy (non-hydrogen) atoms. The van der Waals surface area contributed by atoms with Crippen molar-refractivity contribution in [3.8, 4) is 11.3 Å². The number of imidazole rings is 1. The third-order valence-electron chi connectivity index (χ3n) is 8.25. The lowest BCUT2D eigenvalue weighted by Crippen LogP contribution is -2.48. The minimum Gasteiger partial charge on any atom is -0.383 e. The lowest BCUT2D eigenvalue weighted by molar-refractivity contribution is -0.137. The Morgan fingerprint density at radius 1 is 1.09 bits per heavy atom. The monoisotopic (exact) mass is 460 g/mol. The van der Waals surface area contributed by atoms with Crippen molar-refractivity contribution < 1.29 is 13.2 Å². The Balaban J connectivity index is 1.23. The van der Waals surface area contributed by atoms with Gasteiger partial charge in [-0.15, -0.1) is 0 Å². The predicted molar refractivity (Wildman–Crippen MR) is 119 cm³/mol. The smallest absolute Gasteiger partial charge is 0.383 e. The van der Waals surface area contributed by atoms with Gasteiger partial charge in [0.25, 0.3) is 0 Å². The van der Waals surface area contributed by atoms with Crippen LogP contribution in [0, 0.1) is 17.8 Å². The quantitative estimate of drug-likeness (QED) is 0.737. The summed E-state index contributed by atoms with van der Waals surface area (Å²) in [5, 5.41) is 0. The Kier molecular flexibility index (Phi) is 4.99. The van der Waals surface area contributed by atoms with Crippen molar-refractivity contribution in [2.75, 3.05) is 39.0 Å². The topological polar surface area (TPSA) is 63.2 Å². The minimum absolute atomic E-state index is 0.383. The highest BCUT2D eigenvalue weighted by Gasteiger charge is 2.58. The molecule has 2 aromatic heterocycles. The normalized spacial score (nSPS) is 30.5. The Bertz CT molecular complexity index is 1030. The van der Waals surface area contributed by atoms with Crippen LogP contribution in [0.4, 0.5) is 19.0 Å². The second kappa shape index (κ2) is 7.70. The van der Waals surface area contributed by atoms with Crippen molar-refractivity contribution in [2.24, 2.45) is 17.8 Å². The van der Waals surface area contributed by atoms with Gasteiger partial charge in [-0.1, -0.05) is 0 Å². The number of pyridine rings is 1. The van der Waals surface area contributed by atoms with Crippen LogP contribution in [-0.4, -0.2) is 63.6 Å². The fourth-order valence-electron chi connectivity index (χ4n) is 6.08. The maximum atomic E-state index is 13.4. The van der Waals surface area contributed by atoms with E-state index < -0.39 is 17.6 Å². The number of halogens is 3. The number of fused-ring (bicyclic) bond motifs is 1. The predicted octanol–water partition coefficient (Wildman–Crippen LogP) is 3.70. The molecule has 1 saturated heterocycles. The first kappa shape index (κ1) is 21.4. The molecule has 2 aromatic rings. The van der Waals surface area contributed by atoms with Crippen molar-refractivity contribution in [2.45, 2.75) is 50.4 Å². The number of piperazine rings is 1. The zero-order chi connectivity index (χ0) is 22.9. The summed E-state index contributed by atoms with van der Waals surface area (Å²) in [6, 6.07) is 2.20. The van der Waals surface area contributed by atoms with Gasteiger partial charge >= 0.3 is 6.18 Å². The molecule has 0 aromatic carbocycles. The van der Waals surface area contributed by atoms with Crippen LogP contribution in [0.3, 0.4) is 0 Å². The number of hydrogen-bond donors (Lipinski definition) is 1. The molecule has 0 bridgehead atoms. The first-order valence-corrected chi connectivity index (χ1v) is 12.1. The highest BCUT2D eigenvalue weighted by Crippen LogP contribution is 2.62. The summed E-state index contributed by atoms with van der Waals surface area (Å²) in [6.45, 7) is 4.58. The van der Waals surface area contributed by atoms with E-state index in [0.29, 0.717) is 41.1 Å². The molecule has 0 radical (unpaired) electrons. The molecule has 3 saturated carbocycles. The molecular weight excluding hydrogens is 429 g/mol. The van der Waals surface area contributed by atoms with Gasteiger partial charge in [0.05, 0.1) is 11.3 Å². The van der Waals surface area contributed by atoms with Gasteiger partial charge in [-0.2, -0.15) is 13.2 Å². The summed E-state index contributed by atoms with van der Waals surface area (Å²) in [7, 11) is 2.19. The largest absolute Gasteiger partial charge is 0.419 e. The molecule has 1 aliphatic heterocycles. The summed E-state index contributed by atoms with van der Waals surface area (Å²) in [5.74, 6) is 2.50. The molecule has 4 atom stereocenters. The zero-order valence-electron chi connectivity index (χ0n) is 18.9. The molecule has 6 nitrogen and oxygen atoms in total. The molecule has 2 N–H and O–H groups in total. The van der Waals surface area contributed by atoms with E-state index in [1.807, 2.05) is 6.20 Å². The number of alkyl halides is 3. The van der Waals surface area contributed by atoms with E-state index in [4.69, 9.17) is 10.7 Å². The van der Waals surface area contributed by atoms with Crippen molar-refractivity contribution in [1.29, 1.82) is 0 Å². The van der Waals surface area contributed by atoms with Gasteiger partial charge in [0, 0.05) is 62.6 Å². The first-order chi connectivity index (χ1) is 15.8. The number of nitrogen functional groups attached to an aromatic ring is 1. The first-order valence-electron chi connectivity index (χ1n) is 12.1. The molecule has 6 rings (SSSR count). The summed E-state index contributed by atoms with van der Waals surface area (Å²) < 4.78 is 42.4. The van der Waals surface area contributed by atoms with E-state index in [1.54, 1.807) is 0 Å². The van der Waals surface area contributed by atoms with Crippen LogP contribution in [-0.2, 0) is 12.6 Å². The number of hydrogen-bond acceptors (Lipinski definition) is 5. The highest BCUT2D eigenvalue weighted by molar-refractivity contribution is 5.62. The number of nitrogens with zero attached hydrogens (tertiary/aromatic N) is 5. The van der Waals surface area contributed by atoms with E-state index in [2.05, 4.69) is 26.4 Å². The Hall–Kier alpha value is -2.13. The second-order valence-corrected chi connectivity index (χ2v) is 10.5.